The Morgan fingerprint density at radius 3 is 2.40 bits per heavy atom. The molecule has 0 heterocycles. The van der Waals surface area contributed by atoms with Gasteiger partial charge in [0.2, 0.25) is 10.0 Å². The average molecular weight is 320 g/mol. The van der Waals surface area contributed by atoms with Crippen molar-refractivity contribution in [3.63, 3.8) is 0 Å². The molecule has 0 saturated carbocycles. The van der Waals surface area contributed by atoms with Gasteiger partial charge in [-0.2, -0.15) is 16.5 Å². The van der Waals surface area contributed by atoms with E-state index in [1.54, 1.807) is 6.26 Å². The second-order valence-electron chi connectivity index (χ2n) is 3.72. The fourth-order valence-corrected chi connectivity index (χ4v) is 3.18. The third-order valence-corrected chi connectivity index (χ3v) is 4.44. The molecular weight excluding hydrogens is 308 g/mol. The summed E-state index contributed by atoms with van der Waals surface area (Å²) in [4.78, 5) is 20.5. The lowest BCUT2D eigenvalue weighted by Gasteiger charge is -2.13. The number of nitrogens with zero attached hydrogens (tertiary/aromatic N) is 1. The number of non-ortho nitro benzene ring substituents is 1. The van der Waals surface area contributed by atoms with Crippen molar-refractivity contribution in [1.29, 1.82) is 0 Å². The van der Waals surface area contributed by atoms with Gasteiger partial charge >= 0.3 is 5.97 Å². The Morgan fingerprint density at radius 2 is 2.00 bits per heavy atom. The summed E-state index contributed by atoms with van der Waals surface area (Å²) in [6, 6.07) is 2.93. The molecule has 0 aromatic heterocycles. The van der Waals surface area contributed by atoms with Crippen LogP contribution in [0.5, 0.6) is 0 Å². The van der Waals surface area contributed by atoms with E-state index >= 15 is 0 Å². The van der Waals surface area contributed by atoms with Gasteiger partial charge in [-0.3, -0.25) is 14.9 Å². The van der Waals surface area contributed by atoms with E-state index < -0.39 is 27.0 Å². The molecule has 0 spiro atoms. The molecule has 1 rings (SSSR count). The molecule has 0 fully saturated rings. The standard InChI is InChI=1S/C10H12N2O6S2/c1-19-6-9(10(13)14)11-20(17,18)8-4-2-7(3-5-8)12(15)16/h2-5,9,11H,6H2,1H3,(H,13,14). The van der Waals surface area contributed by atoms with E-state index in [2.05, 4.69) is 0 Å². The highest BCUT2D eigenvalue weighted by molar-refractivity contribution is 7.98. The number of carboxylic acids is 1. The highest BCUT2D eigenvalue weighted by Crippen LogP contribution is 2.16. The molecule has 1 aromatic carbocycles. The molecule has 1 atom stereocenters. The number of hydrogen-bond donors (Lipinski definition) is 2. The molecule has 1 unspecified atom stereocenters. The first-order chi connectivity index (χ1) is 9.27. The van der Waals surface area contributed by atoms with Crippen molar-refractivity contribution in [2.45, 2.75) is 10.9 Å². The van der Waals surface area contributed by atoms with Gasteiger partial charge in [0.15, 0.2) is 0 Å². The molecule has 110 valence electrons. The van der Waals surface area contributed by atoms with Crippen LogP contribution in [0, 0.1) is 10.1 Å². The third kappa shape index (κ3) is 4.18. The highest BCUT2D eigenvalue weighted by Gasteiger charge is 2.25. The summed E-state index contributed by atoms with van der Waals surface area (Å²) in [5.74, 6) is -1.22. The zero-order valence-electron chi connectivity index (χ0n) is 10.3. The highest BCUT2D eigenvalue weighted by atomic mass is 32.2. The van der Waals surface area contributed by atoms with Crippen molar-refractivity contribution in [2.24, 2.45) is 0 Å². The Labute approximate surface area is 119 Å². The van der Waals surface area contributed by atoms with Crippen molar-refractivity contribution in [3.8, 4) is 0 Å². The van der Waals surface area contributed by atoms with Crippen molar-refractivity contribution in [2.75, 3.05) is 12.0 Å². The van der Waals surface area contributed by atoms with E-state index in [9.17, 15) is 23.3 Å². The maximum absolute atomic E-state index is 11.9. The Bertz CT molecular complexity index is 599. The monoisotopic (exact) mass is 320 g/mol. The number of sulfonamides is 1. The van der Waals surface area contributed by atoms with E-state index in [1.807, 2.05) is 4.72 Å². The minimum atomic E-state index is -4.04. The predicted molar refractivity (Wildman–Crippen MR) is 73.2 cm³/mol. The molecule has 0 saturated heterocycles. The Balaban J connectivity index is 2.98. The van der Waals surface area contributed by atoms with Gasteiger partial charge in [-0.05, 0) is 18.4 Å². The lowest BCUT2D eigenvalue weighted by Crippen LogP contribution is -2.42. The summed E-state index contributed by atoms with van der Waals surface area (Å²) >= 11 is 1.18. The van der Waals surface area contributed by atoms with Gasteiger partial charge < -0.3 is 5.11 Å². The van der Waals surface area contributed by atoms with Crippen LogP contribution in [-0.2, 0) is 14.8 Å². The molecule has 0 aliphatic heterocycles. The number of benzene rings is 1. The van der Waals surface area contributed by atoms with Gasteiger partial charge in [-0.15, -0.1) is 0 Å². The Morgan fingerprint density at radius 1 is 1.45 bits per heavy atom. The van der Waals surface area contributed by atoms with Gasteiger partial charge in [0, 0.05) is 17.9 Å². The number of carbonyl (C=O) groups is 1. The lowest BCUT2D eigenvalue weighted by molar-refractivity contribution is -0.384. The topological polar surface area (TPSA) is 127 Å². The molecule has 0 aliphatic rings. The first kappa shape index (κ1) is 16.4. The smallest absolute Gasteiger partial charge is 0.322 e. The second kappa shape index (κ2) is 6.68. The van der Waals surface area contributed by atoms with Crippen LogP contribution in [-0.4, -0.2) is 42.5 Å². The minimum Gasteiger partial charge on any atom is -0.480 e. The van der Waals surface area contributed by atoms with Crippen LogP contribution in [0.15, 0.2) is 29.2 Å². The zero-order chi connectivity index (χ0) is 15.3. The quantitative estimate of drug-likeness (QED) is 0.559. The number of nitro benzene ring substituents is 1. The summed E-state index contributed by atoms with van der Waals surface area (Å²) in [6.07, 6.45) is 1.65. The number of rotatable bonds is 7. The van der Waals surface area contributed by atoms with Crippen LogP contribution in [0.2, 0.25) is 0 Å². The van der Waals surface area contributed by atoms with Crippen LogP contribution >= 0.6 is 11.8 Å². The van der Waals surface area contributed by atoms with Crippen LogP contribution in [0.3, 0.4) is 0 Å². The zero-order valence-corrected chi connectivity index (χ0v) is 12.0. The van der Waals surface area contributed by atoms with Gasteiger partial charge in [0.05, 0.1) is 9.82 Å². The van der Waals surface area contributed by atoms with E-state index in [0.29, 0.717) is 0 Å². The molecule has 20 heavy (non-hydrogen) atoms. The van der Waals surface area contributed by atoms with Gasteiger partial charge in [-0.1, -0.05) is 0 Å². The molecular formula is C10H12N2O6S2. The van der Waals surface area contributed by atoms with E-state index in [-0.39, 0.29) is 16.3 Å². The van der Waals surface area contributed by atoms with Crippen molar-refractivity contribution in [1.82, 2.24) is 4.72 Å². The summed E-state index contributed by atoms with van der Waals surface area (Å²) in [5.41, 5.74) is -0.247. The fraction of sp³-hybridized carbons (Fsp3) is 0.300. The number of carboxylic acid groups (broad SMARTS) is 1. The van der Waals surface area contributed by atoms with E-state index in [4.69, 9.17) is 5.11 Å². The van der Waals surface area contributed by atoms with Gasteiger partial charge in [0.1, 0.15) is 6.04 Å². The first-order valence-electron chi connectivity index (χ1n) is 5.26. The maximum Gasteiger partial charge on any atom is 0.322 e. The first-order valence-corrected chi connectivity index (χ1v) is 8.14. The van der Waals surface area contributed by atoms with E-state index in [1.165, 1.54) is 11.8 Å². The molecule has 1 aromatic rings. The van der Waals surface area contributed by atoms with Crippen molar-refractivity contribution in [3.05, 3.63) is 34.4 Å². The normalized spacial score (nSPS) is 12.8. The predicted octanol–water partition coefficient (Wildman–Crippen LogP) is 0.689. The van der Waals surface area contributed by atoms with Gasteiger partial charge in [0.25, 0.3) is 5.69 Å². The Hall–Kier alpha value is -1.65. The molecule has 10 heteroatoms. The SMILES string of the molecule is CSCC(NS(=O)(=O)c1ccc([N+](=O)[O-])cc1)C(=O)O. The van der Waals surface area contributed by atoms with Crippen LogP contribution < -0.4 is 4.72 Å². The largest absolute Gasteiger partial charge is 0.480 e. The molecule has 0 aliphatic carbocycles. The number of thioether (sulfide) groups is 1. The number of nitro groups is 1. The number of nitrogens with one attached hydrogen (secondary N) is 1. The van der Waals surface area contributed by atoms with Crippen LogP contribution in [0.4, 0.5) is 5.69 Å². The third-order valence-electron chi connectivity index (χ3n) is 2.29. The molecule has 0 amide bonds. The number of aliphatic carboxylic acids is 1. The minimum absolute atomic E-state index is 0.0710. The second-order valence-corrected chi connectivity index (χ2v) is 6.34. The molecule has 0 bridgehead atoms. The summed E-state index contributed by atoms with van der Waals surface area (Å²) in [5, 5.41) is 19.4. The average Bonchev–Trinajstić information content (AvgIpc) is 2.38. The van der Waals surface area contributed by atoms with Crippen LogP contribution in [0.25, 0.3) is 0 Å². The maximum atomic E-state index is 11.9. The fourth-order valence-electron chi connectivity index (χ4n) is 1.32. The summed E-state index contributed by atoms with van der Waals surface area (Å²) in [6.45, 7) is 0. The number of hydrogen-bond acceptors (Lipinski definition) is 6. The summed E-state index contributed by atoms with van der Waals surface area (Å²) < 4.78 is 25.9. The molecule has 8 nitrogen and oxygen atoms in total. The van der Waals surface area contributed by atoms with Crippen molar-refractivity contribution >= 4 is 33.4 Å². The molecule has 0 radical (unpaired) electrons. The summed E-state index contributed by atoms with van der Waals surface area (Å²) in [7, 11) is -4.04. The Kier molecular flexibility index (Phi) is 5.48. The van der Waals surface area contributed by atoms with E-state index in [0.717, 1.165) is 24.3 Å². The molecule has 2 N–H and O–H groups in total. The van der Waals surface area contributed by atoms with Gasteiger partial charge in [-0.25, -0.2) is 8.42 Å². The van der Waals surface area contributed by atoms with Crippen molar-refractivity contribution < 1.29 is 23.2 Å². The lowest BCUT2D eigenvalue weighted by atomic mass is 10.3. The van der Waals surface area contributed by atoms with Crippen LogP contribution in [0.1, 0.15) is 0 Å².